The lowest BCUT2D eigenvalue weighted by atomic mass is 10.1. The van der Waals surface area contributed by atoms with Crippen LogP contribution in [-0.2, 0) is 0 Å². The summed E-state index contributed by atoms with van der Waals surface area (Å²) in [5.41, 5.74) is 0. The van der Waals surface area contributed by atoms with Gasteiger partial charge in [0.2, 0.25) is 0 Å². The highest BCUT2D eigenvalue weighted by Crippen LogP contribution is 2.15. The maximum absolute atomic E-state index is 2.52. The van der Waals surface area contributed by atoms with Crippen LogP contribution in [0.2, 0.25) is 0 Å². The smallest absolute Gasteiger partial charge is 0.0496 e. The van der Waals surface area contributed by atoms with Crippen molar-refractivity contribution in [2.24, 2.45) is 5.92 Å². The number of nitrogens with zero attached hydrogens (tertiary/aromatic N) is 3. The van der Waals surface area contributed by atoms with Crippen LogP contribution in [0.4, 0.5) is 0 Å². The van der Waals surface area contributed by atoms with E-state index in [2.05, 4.69) is 49.9 Å². The Bertz CT molecular complexity index is 150. The van der Waals surface area contributed by atoms with Gasteiger partial charge in [0.25, 0.3) is 0 Å². The van der Waals surface area contributed by atoms with Gasteiger partial charge in [-0.2, -0.15) is 0 Å². The molecule has 1 rings (SSSR count). The Kier molecular flexibility index (Phi) is 3.71. The third-order valence-electron chi connectivity index (χ3n) is 2.72. The van der Waals surface area contributed by atoms with Crippen LogP contribution in [0.3, 0.4) is 0 Å². The average Bonchev–Trinajstić information content (AvgIpc) is 1.94. The predicted octanol–water partition coefficient (Wildman–Crippen LogP) is 0.735. The molecule has 78 valence electrons. The Morgan fingerprint density at radius 2 is 1.77 bits per heavy atom. The van der Waals surface area contributed by atoms with Crippen molar-refractivity contribution in [3.63, 3.8) is 0 Å². The van der Waals surface area contributed by atoms with Crippen molar-refractivity contribution in [2.75, 3.05) is 40.8 Å². The Morgan fingerprint density at radius 3 is 2.15 bits per heavy atom. The summed E-state index contributed by atoms with van der Waals surface area (Å²) in [6.07, 6.45) is 0. The van der Waals surface area contributed by atoms with Gasteiger partial charge in [-0.25, -0.2) is 10.0 Å². The van der Waals surface area contributed by atoms with Gasteiger partial charge in [-0.3, -0.25) is 4.90 Å². The summed E-state index contributed by atoms with van der Waals surface area (Å²) in [7, 11) is 6.37. The molecule has 1 saturated heterocycles. The quantitative estimate of drug-likeness (QED) is 0.598. The molecule has 0 aromatic heterocycles. The molecule has 0 N–H and O–H groups in total. The minimum Gasteiger partial charge on any atom is -0.300 e. The average molecular weight is 185 g/mol. The van der Waals surface area contributed by atoms with Gasteiger partial charge in [-0.05, 0) is 5.92 Å². The van der Waals surface area contributed by atoms with Crippen LogP contribution < -0.4 is 0 Å². The van der Waals surface area contributed by atoms with Gasteiger partial charge >= 0.3 is 0 Å². The van der Waals surface area contributed by atoms with Crippen molar-refractivity contribution in [2.45, 2.75) is 19.9 Å². The lowest BCUT2D eigenvalue weighted by Crippen LogP contribution is -2.61. The zero-order chi connectivity index (χ0) is 10.0. The molecule has 0 radical (unpaired) electrons. The number of rotatable bonds is 4. The summed E-state index contributed by atoms with van der Waals surface area (Å²) >= 11 is 0. The maximum Gasteiger partial charge on any atom is 0.0496 e. The van der Waals surface area contributed by atoms with Gasteiger partial charge in [0.1, 0.15) is 0 Å². The van der Waals surface area contributed by atoms with Crippen LogP contribution in [-0.4, -0.2) is 61.7 Å². The zero-order valence-electron chi connectivity index (χ0n) is 9.62. The number of hydrogen-bond acceptors (Lipinski definition) is 3. The van der Waals surface area contributed by atoms with Crippen molar-refractivity contribution >= 4 is 0 Å². The van der Waals surface area contributed by atoms with E-state index in [1.54, 1.807) is 0 Å². The Hall–Kier alpha value is -0.120. The summed E-state index contributed by atoms with van der Waals surface area (Å²) < 4.78 is 0. The van der Waals surface area contributed by atoms with Crippen molar-refractivity contribution in [3.8, 4) is 0 Å². The fourth-order valence-corrected chi connectivity index (χ4v) is 1.77. The molecular formula is C10H23N3. The Labute approximate surface area is 82.3 Å². The van der Waals surface area contributed by atoms with E-state index in [4.69, 9.17) is 0 Å². The number of likely N-dealkylation sites (tertiary alicyclic amines) is 1. The first-order chi connectivity index (χ1) is 6.00. The highest BCUT2D eigenvalue weighted by molar-refractivity contribution is 4.85. The van der Waals surface area contributed by atoms with Crippen LogP contribution in [0.5, 0.6) is 0 Å². The van der Waals surface area contributed by atoms with Gasteiger partial charge in [-0.1, -0.05) is 13.8 Å². The van der Waals surface area contributed by atoms with Gasteiger partial charge in [0.05, 0.1) is 0 Å². The molecule has 0 amide bonds. The number of hydrazine groups is 1. The molecule has 0 atom stereocenters. The third-order valence-corrected chi connectivity index (χ3v) is 2.72. The summed E-state index contributed by atoms with van der Waals surface area (Å²) in [4.78, 5) is 2.52. The van der Waals surface area contributed by atoms with E-state index in [-0.39, 0.29) is 0 Å². The Balaban J connectivity index is 2.18. The Morgan fingerprint density at radius 1 is 1.23 bits per heavy atom. The molecule has 0 spiro atoms. The summed E-state index contributed by atoms with van der Waals surface area (Å²) in [5.74, 6) is 0.797. The minimum absolute atomic E-state index is 0.730. The second kappa shape index (κ2) is 4.40. The SMILES string of the molecule is CC(C)CN1CC(N(C)N(C)C)C1. The molecule has 3 heteroatoms. The fourth-order valence-electron chi connectivity index (χ4n) is 1.77. The first-order valence-electron chi connectivity index (χ1n) is 5.13. The van der Waals surface area contributed by atoms with Crippen LogP contribution >= 0.6 is 0 Å². The minimum atomic E-state index is 0.730. The van der Waals surface area contributed by atoms with Crippen molar-refractivity contribution in [1.29, 1.82) is 0 Å². The second-order valence-electron chi connectivity index (χ2n) is 4.69. The van der Waals surface area contributed by atoms with Gasteiger partial charge in [0.15, 0.2) is 0 Å². The van der Waals surface area contributed by atoms with Crippen molar-refractivity contribution in [3.05, 3.63) is 0 Å². The first kappa shape index (κ1) is 11.0. The summed E-state index contributed by atoms with van der Waals surface area (Å²) in [5, 5.41) is 4.48. The van der Waals surface area contributed by atoms with Crippen LogP contribution in [0, 0.1) is 5.92 Å². The van der Waals surface area contributed by atoms with E-state index < -0.39 is 0 Å². The molecule has 13 heavy (non-hydrogen) atoms. The third kappa shape index (κ3) is 2.93. The molecule has 0 aromatic rings. The monoisotopic (exact) mass is 185 g/mol. The molecular weight excluding hydrogens is 162 g/mol. The summed E-state index contributed by atoms with van der Waals surface area (Å²) in [6, 6.07) is 0.730. The molecule has 0 bridgehead atoms. The number of likely N-dealkylation sites (N-methyl/N-ethyl adjacent to an activating group) is 1. The molecule has 0 aliphatic carbocycles. The first-order valence-corrected chi connectivity index (χ1v) is 5.13. The normalized spacial score (nSPS) is 20.3. The largest absolute Gasteiger partial charge is 0.300 e. The topological polar surface area (TPSA) is 9.72 Å². The predicted molar refractivity (Wildman–Crippen MR) is 56.5 cm³/mol. The lowest BCUT2D eigenvalue weighted by Gasteiger charge is -2.46. The van der Waals surface area contributed by atoms with E-state index in [0.717, 1.165) is 12.0 Å². The van der Waals surface area contributed by atoms with E-state index in [9.17, 15) is 0 Å². The molecule has 3 nitrogen and oxygen atoms in total. The van der Waals surface area contributed by atoms with Crippen LogP contribution in [0.1, 0.15) is 13.8 Å². The second-order valence-corrected chi connectivity index (χ2v) is 4.69. The van der Waals surface area contributed by atoms with Crippen molar-refractivity contribution < 1.29 is 0 Å². The molecule has 1 aliphatic heterocycles. The highest BCUT2D eigenvalue weighted by atomic mass is 15.6. The molecule has 1 heterocycles. The van der Waals surface area contributed by atoms with E-state index in [1.165, 1.54) is 19.6 Å². The standard InChI is InChI=1S/C10H23N3/c1-9(2)6-13-7-10(8-13)12(5)11(3)4/h9-10H,6-8H2,1-5H3. The fraction of sp³-hybridized carbons (Fsp3) is 1.00. The lowest BCUT2D eigenvalue weighted by molar-refractivity contribution is -0.0627. The maximum atomic E-state index is 2.52. The van der Waals surface area contributed by atoms with Gasteiger partial charge in [0, 0.05) is 46.8 Å². The van der Waals surface area contributed by atoms with Crippen LogP contribution in [0.15, 0.2) is 0 Å². The summed E-state index contributed by atoms with van der Waals surface area (Å²) in [6.45, 7) is 8.27. The van der Waals surface area contributed by atoms with E-state index >= 15 is 0 Å². The van der Waals surface area contributed by atoms with Crippen LogP contribution in [0.25, 0.3) is 0 Å². The van der Waals surface area contributed by atoms with Gasteiger partial charge < -0.3 is 0 Å². The molecule has 1 fully saturated rings. The highest BCUT2D eigenvalue weighted by Gasteiger charge is 2.30. The van der Waals surface area contributed by atoms with Crippen molar-refractivity contribution in [1.82, 2.24) is 14.9 Å². The van der Waals surface area contributed by atoms with Gasteiger partial charge in [-0.15, -0.1) is 0 Å². The van der Waals surface area contributed by atoms with E-state index in [1.807, 2.05) is 0 Å². The molecule has 0 unspecified atom stereocenters. The van der Waals surface area contributed by atoms with E-state index in [0.29, 0.717) is 0 Å². The molecule has 1 aliphatic rings. The molecule has 0 aromatic carbocycles. The zero-order valence-corrected chi connectivity index (χ0v) is 9.62. The number of hydrogen-bond donors (Lipinski definition) is 0. The molecule has 0 saturated carbocycles.